The van der Waals surface area contributed by atoms with Crippen molar-refractivity contribution in [2.24, 2.45) is 5.92 Å². The number of aryl methyl sites for hydroxylation is 1. The first-order valence-electron chi connectivity index (χ1n) is 5.99. The van der Waals surface area contributed by atoms with Gasteiger partial charge in [0.15, 0.2) is 5.78 Å². The average Bonchev–Trinajstić information content (AvgIpc) is 2.33. The number of Topliss-reactive ketones (excluding diaryl/α,β-unsaturated/α-hetero) is 1. The lowest BCUT2D eigenvalue weighted by Gasteiger charge is -2.20. The van der Waals surface area contributed by atoms with Crippen molar-refractivity contribution in [2.75, 3.05) is 0 Å². The van der Waals surface area contributed by atoms with Gasteiger partial charge in [-0.3, -0.25) is 4.79 Å². The molecule has 0 bridgehead atoms. The Hall–Kier alpha value is -0.630. The van der Waals surface area contributed by atoms with E-state index in [1.54, 1.807) is 0 Å². The van der Waals surface area contributed by atoms with Crippen LogP contribution < -0.4 is 0 Å². The van der Waals surface area contributed by atoms with E-state index in [2.05, 4.69) is 15.9 Å². The molecular formula is C14H17BrO. The van der Waals surface area contributed by atoms with E-state index in [4.69, 9.17) is 0 Å². The molecule has 1 aliphatic rings. The van der Waals surface area contributed by atoms with Crippen LogP contribution in [0.1, 0.15) is 48.0 Å². The molecule has 0 spiro atoms. The number of halogens is 1. The van der Waals surface area contributed by atoms with Crippen molar-refractivity contribution in [1.82, 2.24) is 0 Å². The minimum Gasteiger partial charge on any atom is -0.294 e. The molecule has 86 valence electrons. The highest BCUT2D eigenvalue weighted by Gasteiger charge is 2.22. The first-order chi connectivity index (χ1) is 7.68. The molecule has 1 nitrogen and oxygen atoms in total. The Morgan fingerprint density at radius 3 is 2.56 bits per heavy atom. The molecule has 2 heteroatoms. The summed E-state index contributed by atoms with van der Waals surface area (Å²) in [6, 6.07) is 5.93. The predicted octanol–water partition coefficient (Wildman–Crippen LogP) is 4.52. The SMILES string of the molecule is Cc1ccc(C(=O)C2CCCCC2)cc1Br. The van der Waals surface area contributed by atoms with Crippen LogP contribution in [0.5, 0.6) is 0 Å². The molecule has 0 radical (unpaired) electrons. The van der Waals surface area contributed by atoms with Crippen molar-refractivity contribution >= 4 is 21.7 Å². The highest BCUT2D eigenvalue weighted by Crippen LogP contribution is 2.28. The zero-order valence-corrected chi connectivity index (χ0v) is 11.2. The summed E-state index contributed by atoms with van der Waals surface area (Å²) in [5, 5.41) is 0. The van der Waals surface area contributed by atoms with Gasteiger partial charge in [-0.15, -0.1) is 0 Å². The lowest BCUT2D eigenvalue weighted by atomic mass is 9.84. The molecule has 1 aromatic rings. The highest BCUT2D eigenvalue weighted by atomic mass is 79.9. The molecule has 0 aliphatic heterocycles. The standard InChI is InChI=1S/C14H17BrO/c1-10-7-8-12(9-13(10)15)14(16)11-5-3-2-4-6-11/h7-9,11H,2-6H2,1H3. The fourth-order valence-corrected chi connectivity index (χ4v) is 2.73. The Bertz CT molecular complexity index is 392. The second-order valence-corrected chi connectivity index (χ2v) is 5.52. The lowest BCUT2D eigenvalue weighted by molar-refractivity contribution is 0.0889. The predicted molar refractivity (Wildman–Crippen MR) is 69.8 cm³/mol. The van der Waals surface area contributed by atoms with Crippen molar-refractivity contribution in [3.63, 3.8) is 0 Å². The molecule has 0 N–H and O–H groups in total. The first kappa shape index (κ1) is 11.8. The Labute approximate surface area is 105 Å². The summed E-state index contributed by atoms with van der Waals surface area (Å²) in [4.78, 5) is 12.2. The zero-order chi connectivity index (χ0) is 11.5. The van der Waals surface area contributed by atoms with Gasteiger partial charge in [0, 0.05) is 16.0 Å². The van der Waals surface area contributed by atoms with Gasteiger partial charge in [0.1, 0.15) is 0 Å². The lowest BCUT2D eigenvalue weighted by Crippen LogP contribution is -2.17. The largest absolute Gasteiger partial charge is 0.294 e. The maximum Gasteiger partial charge on any atom is 0.165 e. The van der Waals surface area contributed by atoms with Gasteiger partial charge in [-0.25, -0.2) is 0 Å². The number of hydrogen-bond acceptors (Lipinski definition) is 1. The van der Waals surface area contributed by atoms with Crippen molar-refractivity contribution < 1.29 is 4.79 Å². The summed E-state index contributed by atoms with van der Waals surface area (Å²) < 4.78 is 1.04. The van der Waals surface area contributed by atoms with Gasteiger partial charge < -0.3 is 0 Å². The van der Waals surface area contributed by atoms with E-state index in [0.29, 0.717) is 5.78 Å². The molecule has 0 saturated heterocycles. The normalized spacial score (nSPS) is 17.4. The zero-order valence-electron chi connectivity index (χ0n) is 9.63. The summed E-state index contributed by atoms with van der Waals surface area (Å²) in [7, 11) is 0. The van der Waals surface area contributed by atoms with Crippen LogP contribution in [0.25, 0.3) is 0 Å². The molecule has 0 aromatic heterocycles. The maximum absolute atomic E-state index is 12.2. The Morgan fingerprint density at radius 2 is 1.94 bits per heavy atom. The van der Waals surface area contributed by atoms with Crippen molar-refractivity contribution in [2.45, 2.75) is 39.0 Å². The van der Waals surface area contributed by atoms with Gasteiger partial charge in [-0.05, 0) is 31.4 Å². The number of carbonyl (C=O) groups is 1. The second-order valence-electron chi connectivity index (χ2n) is 4.66. The highest BCUT2D eigenvalue weighted by molar-refractivity contribution is 9.10. The quantitative estimate of drug-likeness (QED) is 0.728. The molecular weight excluding hydrogens is 264 g/mol. The van der Waals surface area contributed by atoms with Crippen LogP contribution >= 0.6 is 15.9 Å². The van der Waals surface area contributed by atoms with E-state index in [9.17, 15) is 4.79 Å². The van der Waals surface area contributed by atoms with Crippen LogP contribution in [0, 0.1) is 12.8 Å². The van der Waals surface area contributed by atoms with Gasteiger partial charge >= 0.3 is 0 Å². The Morgan fingerprint density at radius 1 is 1.25 bits per heavy atom. The van der Waals surface area contributed by atoms with E-state index in [0.717, 1.165) is 22.9 Å². The van der Waals surface area contributed by atoms with Gasteiger partial charge in [0.2, 0.25) is 0 Å². The van der Waals surface area contributed by atoms with Crippen molar-refractivity contribution in [3.05, 3.63) is 33.8 Å². The molecule has 1 fully saturated rings. The molecule has 2 rings (SSSR count). The van der Waals surface area contributed by atoms with Crippen molar-refractivity contribution in [3.8, 4) is 0 Å². The third-order valence-corrected chi connectivity index (χ3v) is 4.29. The van der Waals surface area contributed by atoms with Gasteiger partial charge in [0.05, 0.1) is 0 Å². The molecule has 0 atom stereocenters. The van der Waals surface area contributed by atoms with Crippen LogP contribution in [0.15, 0.2) is 22.7 Å². The fourth-order valence-electron chi connectivity index (χ4n) is 2.35. The molecule has 1 saturated carbocycles. The van der Waals surface area contributed by atoms with Crippen LogP contribution in [0.4, 0.5) is 0 Å². The van der Waals surface area contributed by atoms with Gasteiger partial charge in [-0.2, -0.15) is 0 Å². The minimum atomic E-state index is 0.267. The summed E-state index contributed by atoms with van der Waals surface area (Å²) in [5.41, 5.74) is 2.05. The van der Waals surface area contributed by atoms with E-state index >= 15 is 0 Å². The summed E-state index contributed by atoms with van der Waals surface area (Å²) in [6.45, 7) is 2.04. The van der Waals surface area contributed by atoms with E-state index < -0.39 is 0 Å². The Balaban J connectivity index is 2.16. The van der Waals surface area contributed by atoms with Crippen molar-refractivity contribution in [1.29, 1.82) is 0 Å². The molecule has 16 heavy (non-hydrogen) atoms. The first-order valence-corrected chi connectivity index (χ1v) is 6.78. The van der Waals surface area contributed by atoms with E-state index in [1.165, 1.54) is 24.8 Å². The van der Waals surface area contributed by atoms with E-state index in [-0.39, 0.29) is 5.92 Å². The topological polar surface area (TPSA) is 17.1 Å². The molecule has 1 aliphatic carbocycles. The summed E-state index contributed by atoms with van der Waals surface area (Å²) in [5.74, 6) is 0.601. The van der Waals surface area contributed by atoms with Crippen LogP contribution in [-0.4, -0.2) is 5.78 Å². The third-order valence-electron chi connectivity index (χ3n) is 3.43. The second kappa shape index (κ2) is 5.13. The van der Waals surface area contributed by atoms with Crippen LogP contribution in [0.3, 0.4) is 0 Å². The van der Waals surface area contributed by atoms with Crippen LogP contribution in [0.2, 0.25) is 0 Å². The number of benzene rings is 1. The average molecular weight is 281 g/mol. The Kier molecular flexibility index (Phi) is 3.80. The third kappa shape index (κ3) is 2.54. The number of ketones is 1. The fraction of sp³-hybridized carbons (Fsp3) is 0.500. The van der Waals surface area contributed by atoms with E-state index in [1.807, 2.05) is 25.1 Å². The minimum absolute atomic E-state index is 0.267. The molecule has 1 aromatic carbocycles. The summed E-state index contributed by atoms with van der Waals surface area (Å²) >= 11 is 3.49. The number of carbonyl (C=O) groups excluding carboxylic acids is 1. The van der Waals surface area contributed by atoms with Crippen LogP contribution in [-0.2, 0) is 0 Å². The number of rotatable bonds is 2. The summed E-state index contributed by atoms with van der Waals surface area (Å²) in [6.07, 6.45) is 5.86. The molecule has 0 amide bonds. The number of hydrogen-bond donors (Lipinski definition) is 0. The molecule has 0 heterocycles. The van der Waals surface area contributed by atoms with Gasteiger partial charge in [0.25, 0.3) is 0 Å². The monoisotopic (exact) mass is 280 g/mol. The van der Waals surface area contributed by atoms with Gasteiger partial charge in [-0.1, -0.05) is 47.3 Å². The smallest absolute Gasteiger partial charge is 0.165 e. The maximum atomic E-state index is 12.2. The molecule has 0 unspecified atom stereocenters.